The molecule has 0 amide bonds. The van der Waals surface area contributed by atoms with Gasteiger partial charge >= 0.3 is 5.97 Å². The molecule has 0 saturated carbocycles. The Morgan fingerprint density at radius 2 is 2.20 bits per heavy atom. The van der Waals surface area contributed by atoms with Crippen molar-refractivity contribution in [3.05, 3.63) is 41.7 Å². The number of carboxylic acid groups (broad SMARTS) is 1. The number of carbonyl (C=O) groups is 1. The van der Waals surface area contributed by atoms with Crippen LogP contribution in [0.5, 0.6) is 0 Å². The smallest absolute Gasteiger partial charge is 0.337 e. The molecule has 1 aromatic carbocycles. The highest BCUT2D eigenvalue weighted by molar-refractivity contribution is 5.91. The topological polar surface area (TPSA) is 80.0 Å². The predicted molar refractivity (Wildman–Crippen MR) is 72.9 cm³/mol. The Hall–Kier alpha value is -2.21. The Morgan fingerprint density at radius 3 is 2.95 bits per heavy atom. The number of aromatic nitrogens is 3. The first kappa shape index (κ1) is 12.8. The molecule has 1 aliphatic rings. The quantitative estimate of drug-likeness (QED) is 0.890. The predicted octanol–water partition coefficient (Wildman–Crippen LogP) is 1.78. The van der Waals surface area contributed by atoms with Crippen molar-refractivity contribution < 1.29 is 9.90 Å². The van der Waals surface area contributed by atoms with Crippen molar-refractivity contribution in [3.8, 4) is 5.69 Å². The molecule has 0 aliphatic carbocycles. The van der Waals surface area contributed by atoms with Crippen LogP contribution in [0.4, 0.5) is 0 Å². The first-order valence-electron chi connectivity index (χ1n) is 6.74. The molecule has 6 heteroatoms. The minimum Gasteiger partial charge on any atom is -0.478 e. The van der Waals surface area contributed by atoms with Crippen LogP contribution in [0, 0.1) is 0 Å². The van der Waals surface area contributed by atoms with Gasteiger partial charge in [-0.15, -0.1) is 5.10 Å². The van der Waals surface area contributed by atoms with E-state index in [1.807, 2.05) is 6.20 Å². The summed E-state index contributed by atoms with van der Waals surface area (Å²) in [4.78, 5) is 11.2. The van der Waals surface area contributed by atoms with Gasteiger partial charge in [-0.3, -0.25) is 0 Å². The Bertz CT molecular complexity index is 617. The molecule has 104 valence electrons. The molecular formula is C14H16N4O2. The molecule has 1 atom stereocenters. The Labute approximate surface area is 116 Å². The molecule has 0 bridgehead atoms. The molecule has 1 fully saturated rings. The van der Waals surface area contributed by atoms with Gasteiger partial charge in [0.15, 0.2) is 0 Å². The first-order chi connectivity index (χ1) is 9.75. The van der Waals surface area contributed by atoms with Gasteiger partial charge in [-0.2, -0.15) is 0 Å². The average molecular weight is 272 g/mol. The van der Waals surface area contributed by atoms with Crippen molar-refractivity contribution in [1.82, 2.24) is 20.3 Å². The molecule has 1 unspecified atom stereocenters. The average Bonchev–Trinajstić information content (AvgIpc) is 2.98. The molecule has 1 aliphatic heterocycles. The van der Waals surface area contributed by atoms with E-state index in [2.05, 4.69) is 15.6 Å². The second kappa shape index (κ2) is 5.42. The highest BCUT2D eigenvalue weighted by Gasteiger charge is 2.19. The summed E-state index contributed by atoms with van der Waals surface area (Å²) in [6.45, 7) is 0.989. The Kier molecular flexibility index (Phi) is 3.47. The maximum atomic E-state index is 11.2. The van der Waals surface area contributed by atoms with Crippen molar-refractivity contribution >= 4 is 5.97 Å². The van der Waals surface area contributed by atoms with Gasteiger partial charge in [-0.05, 0) is 31.5 Å². The van der Waals surface area contributed by atoms with Gasteiger partial charge in [0.25, 0.3) is 0 Å². The third-order valence-corrected chi connectivity index (χ3v) is 3.56. The van der Waals surface area contributed by atoms with Crippen molar-refractivity contribution in [2.24, 2.45) is 0 Å². The van der Waals surface area contributed by atoms with Crippen LogP contribution in [-0.2, 0) is 0 Å². The van der Waals surface area contributed by atoms with Crippen LogP contribution >= 0.6 is 0 Å². The lowest BCUT2D eigenvalue weighted by Crippen LogP contribution is -2.27. The summed E-state index contributed by atoms with van der Waals surface area (Å²) >= 11 is 0. The standard InChI is InChI=1S/C14H16N4O2/c19-14(20)10-5-1-2-7-13(10)18-9-12(16-17-18)11-6-3-4-8-15-11/h1-2,5,7,9,11,15H,3-4,6,8H2,(H,19,20). The van der Waals surface area contributed by atoms with Gasteiger partial charge in [0.05, 0.1) is 23.5 Å². The molecule has 1 saturated heterocycles. The molecule has 20 heavy (non-hydrogen) atoms. The first-order valence-corrected chi connectivity index (χ1v) is 6.74. The third kappa shape index (κ3) is 2.42. The molecule has 2 aromatic rings. The van der Waals surface area contributed by atoms with E-state index in [1.54, 1.807) is 24.3 Å². The number of piperidine rings is 1. The Morgan fingerprint density at radius 1 is 1.35 bits per heavy atom. The summed E-state index contributed by atoms with van der Waals surface area (Å²) in [5.41, 5.74) is 1.63. The summed E-state index contributed by atoms with van der Waals surface area (Å²) in [5.74, 6) is -0.964. The minimum absolute atomic E-state index is 0.217. The number of para-hydroxylation sites is 1. The van der Waals surface area contributed by atoms with Gasteiger partial charge in [0.1, 0.15) is 5.69 Å². The summed E-state index contributed by atoms with van der Waals surface area (Å²) in [5, 5.41) is 20.9. The molecular weight excluding hydrogens is 256 g/mol. The molecule has 2 heterocycles. The Balaban J connectivity index is 1.92. The van der Waals surface area contributed by atoms with Crippen molar-refractivity contribution in [2.45, 2.75) is 25.3 Å². The molecule has 6 nitrogen and oxygen atoms in total. The van der Waals surface area contributed by atoms with E-state index in [9.17, 15) is 9.90 Å². The van der Waals surface area contributed by atoms with Crippen LogP contribution in [0.1, 0.15) is 41.4 Å². The van der Waals surface area contributed by atoms with Crippen LogP contribution < -0.4 is 5.32 Å². The summed E-state index contributed by atoms with van der Waals surface area (Å²) in [6, 6.07) is 7.01. The lowest BCUT2D eigenvalue weighted by Gasteiger charge is -2.20. The van der Waals surface area contributed by atoms with E-state index < -0.39 is 5.97 Å². The zero-order valence-electron chi connectivity index (χ0n) is 11.0. The second-order valence-corrected chi connectivity index (χ2v) is 4.91. The van der Waals surface area contributed by atoms with E-state index in [4.69, 9.17) is 0 Å². The zero-order chi connectivity index (χ0) is 13.9. The van der Waals surface area contributed by atoms with Gasteiger partial charge < -0.3 is 10.4 Å². The lowest BCUT2D eigenvalue weighted by atomic mass is 10.0. The number of nitrogens with one attached hydrogen (secondary N) is 1. The van der Waals surface area contributed by atoms with E-state index >= 15 is 0 Å². The molecule has 1 aromatic heterocycles. The SMILES string of the molecule is O=C(O)c1ccccc1-n1cc(C2CCCCN2)nn1. The number of aromatic carboxylic acids is 1. The fraction of sp³-hybridized carbons (Fsp3) is 0.357. The van der Waals surface area contributed by atoms with Crippen LogP contribution in [-0.4, -0.2) is 32.6 Å². The van der Waals surface area contributed by atoms with Crippen LogP contribution in [0.2, 0.25) is 0 Å². The van der Waals surface area contributed by atoms with Crippen molar-refractivity contribution in [2.75, 3.05) is 6.54 Å². The maximum absolute atomic E-state index is 11.2. The summed E-state index contributed by atoms with van der Waals surface area (Å²) in [7, 11) is 0. The van der Waals surface area contributed by atoms with Crippen molar-refractivity contribution in [1.29, 1.82) is 0 Å². The minimum atomic E-state index is -0.964. The largest absolute Gasteiger partial charge is 0.478 e. The van der Waals surface area contributed by atoms with E-state index in [-0.39, 0.29) is 11.6 Å². The van der Waals surface area contributed by atoms with E-state index in [0.717, 1.165) is 18.7 Å². The number of carboxylic acids is 1. The van der Waals surface area contributed by atoms with E-state index in [0.29, 0.717) is 5.69 Å². The zero-order valence-corrected chi connectivity index (χ0v) is 11.0. The lowest BCUT2D eigenvalue weighted by molar-refractivity contribution is 0.0696. The normalized spacial score (nSPS) is 18.9. The monoisotopic (exact) mass is 272 g/mol. The molecule has 0 radical (unpaired) electrons. The number of hydrogen-bond donors (Lipinski definition) is 2. The molecule has 0 spiro atoms. The maximum Gasteiger partial charge on any atom is 0.337 e. The number of nitrogens with zero attached hydrogens (tertiary/aromatic N) is 3. The fourth-order valence-electron chi connectivity index (χ4n) is 2.51. The van der Waals surface area contributed by atoms with Crippen molar-refractivity contribution in [3.63, 3.8) is 0 Å². The molecule has 3 rings (SSSR count). The fourth-order valence-corrected chi connectivity index (χ4v) is 2.51. The highest BCUT2D eigenvalue weighted by atomic mass is 16.4. The van der Waals surface area contributed by atoms with Crippen LogP contribution in [0.3, 0.4) is 0 Å². The number of benzene rings is 1. The summed E-state index contributed by atoms with van der Waals surface area (Å²) < 4.78 is 1.54. The van der Waals surface area contributed by atoms with Crippen LogP contribution in [0.15, 0.2) is 30.5 Å². The second-order valence-electron chi connectivity index (χ2n) is 4.91. The number of hydrogen-bond acceptors (Lipinski definition) is 4. The van der Waals surface area contributed by atoms with Crippen LogP contribution in [0.25, 0.3) is 5.69 Å². The third-order valence-electron chi connectivity index (χ3n) is 3.56. The van der Waals surface area contributed by atoms with Gasteiger partial charge in [-0.1, -0.05) is 23.8 Å². The number of rotatable bonds is 3. The van der Waals surface area contributed by atoms with E-state index in [1.165, 1.54) is 17.5 Å². The van der Waals surface area contributed by atoms with Gasteiger partial charge in [-0.25, -0.2) is 9.48 Å². The van der Waals surface area contributed by atoms with Gasteiger partial charge in [0.2, 0.25) is 0 Å². The summed E-state index contributed by atoms with van der Waals surface area (Å²) in [6.07, 6.45) is 5.22. The molecule has 2 N–H and O–H groups in total. The van der Waals surface area contributed by atoms with Gasteiger partial charge in [0, 0.05) is 0 Å². The highest BCUT2D eigenvalue weighted by Crippen LogP contribution is 2.22.